The van der Waals surface area contributed by atoms with Gasteiger partial charge in [0.05, 0.1) is 7.11 Å². The zero-order chi connectivity index (χ0) is 13.8. The van der Waals surface area contributed by atoms with Gasteiger partial charge in [-0.2, -0.15) is 0 Å². The highest BCUT2D eigenvalue weighted by atomic mass is 19.4. The molecule has 0 bridgehead atoms. The molecule has 0 radical (unpaired) electrons. The van der Waals surface area contributed by atoms with Gasteiger partial charge in [0, 0.05) is 12.1 Å². The molecule has 1 atom stereocenters. The van der Waals surface area contributed by atoms with E-state index in [-0.39, 0.29) is 11.8 Å². The number of hydrogen-bond donors (Lipinski definition) is 1. The average Bonchev–Trinajstić information content (AvgIpc) is 2.28. The molecule has 1 unspecified atom stereocenters. The molecule has 0 heterocycles. The van der Waals surface area contributed by atoms with E-state index in [2.05, 4.69) is 4.74 Å². The summed E-state index contributed by atoms with van der Waals surface area (Å²) in [6, 6.07) is 3.96. The van der Waals surface area contributed by atoms with Crippen LogP contribution in [0.15, 0.2) is 18.2 Å². The lowest BCUT2D eigenvalue weighted by Gasteiger charge is -2.15. The zero-order valence-corrected chi connectivity index (χ0v) is 10.3. The molecule has 1 aromatic carbocycles. The molecule has 0 saturated heterocycles. The summed E-state index contributed by atoms with van der Waals surface area (Å²) in [5.41, 5.74) is 6.57. The van der Waals surface area contributed by atoms with Crippen molar-refractivity contribution >= 4 is 0 Å². The van der Waals surface area contributed by atoms with Gasteiger partial charge in [0.15, 0.2) is 0 Å². The molecule has 18 heavy (non-hydrogen) atoms. The van der Waals surface area contributed by atoms with Crippen LogP contribution in [-0.2, 0) is 6.42 Å². The maximum absolute atomic E-state index is 12.1. The summed E-state index contributed by atoms with van der Waals surface area (Å²) in [7, 11) is 1.40. The quantitative estimate of drug-likeness (QED) is 0.888. The molecule has 0 aliphatic rings. The van der Waals surface area contributed by atoms with Gasteiger partial charge in [-0.1, -0.05) is 13.0 Å². The first kappa shape index (κ1) is 14.6. The second-order valence-corrected chi connectivity index (χ2v) is 3.89. The van der Waals surface area contributed by atoms with Crippen molar-refractivity contribution in [3.63, 3.8) is 0 Å². The van der Waals surface area contributed by atoms with E-state index in [1.54, 1.807) is 0 Å². The topological polar surface area (TPSA) is 44.5 Å². The fraction of sp³-hybridized carbons (Fsp3) is 0.500. The van der Waals surface area contributed by atoms with Crippen molar-refractivity contribution in [3.8, 4) is 11.5 Å². The van der Waals surface area contributed by atoms with Gasteiger partial charge in [-0.15, -0.1) is 13.2 Å². The number of benzene rings is 1. The third-order valence-electron chi connectivity index (χ3n) is 2.50. The highest BCUT2D eigenvalue weighted by Crippen LogP contribution is 2.29. The lowest BCUT2D eigenvalue weighted by molar-refractivity contribution is -0.274. The molecule has 1 aromatic rings. The van der Waals surface area contributed by atoms with E-state index in [4.69, 9.17) is 10.5 Å². The van der Waals surface area contributed by atoms with E-state index in [1.165, 1.54) is 25.3 Å². The van der Waals surface area contributed by atoms with Crippen molar-refractivity contribution in [3.05, 3.63) is 23.8 Å². The molecule has 1 rings (SSSR count). The lowest BCUT2D eigenvalue weighted by Crippen LogP contribution is -2.22. The Morgan fingerprint density at radius 1 is 1.33 bits per heavy atom. The van der Waals surface area contributed by atoms with Crippen molar-refractivity contribution in [1.29, 1.82) is 0 Å². The van der Waals surface area contributed by atoms with E-state index < -0.39 is 6.36 Å². The van der Waals surface area contributed by atoms with Gasteiger partial charge < -0.3 is 15.2 Å². The molecule has 0 saturated carbocycles. The number of alkyl halides is 3. The van der Waals surface area contributed by atoms with Crippen LogP contribution in [0, 0.1) is 0 Å². The van der Waals surface area contributed by atoms with Crippen molar-refractivity contribution < 1.29 is 22.6 Å². The van der Waals surface area contributed by atoms with E-state index in [0.717, 1.165) is 12.0 Å². The first-order valence-corrected chi connectivity index (χ1v) is 5.54. The molecule has 102 valence electrons. The Labute approximate surface area is 104 Å². The van der Waals surface area contributed by atoms with Crippen molar-refractivity contribution in [2.45, 2.75) is 32.2 Å². The average molecular weight is 263 g/mol. The number of ether oxygens (including phenoxy) is 2. The van der Waals surface area contributed by atoms with Crippen LogP contribution in [0.3, 0.4) is 0 Å². The number of rotatable bonds is 5. The van der Waals surface area contributed by atoms with Crippen LogP contribution in [0.4, 0.5) is 13.2 Å². The summed E-state index contributed by atoms with van der Waals surface area (Å²) in [6.45, 7) is 1.94. The molecular formula is C12H16F3NO2. The summed E-state index contributed by atoms with van der Waals surface area (Å²) < 4.78 is 45.0. The summed E-state index contributed by atoms with van der Waals surface area (Å²) >= 11 is 0. The first-order valence-electron chi connectivity index (χ1n) is 5.54. The minimum absolute atomic E-state index is 0.0479. The number of methoxy groups -OCH3 is 1. The largest absolute Gasteiger partial charge is 0.573 e. The summed E-state index contributed by atoms with van der Waals surface area (Å²) in [6.07, 6.45) is -3.37. The highest BCUT2D eigenvalue weighted by Gasteiger charge is 2.31. The molecule has 0 aliphatic heterocycles. The molecule has 6 heteroatoms. The lowest BCUT2D eigenvalue weighted by atomic mass is 10.0. The second-order valence-electron chi connectivity index (χ2n) is 3.89. The first-order chi connectivity index (χ1) is 8.35. The smallest absolute Gasteiger partial charge is 0.496 e. The van der Waals surface area contributed by atoms with Gasteiger partial charge in [-0.05, 0) is 24.5 Å². The van der Waals surface area contributed by atoms with Crippen LogP contribution >= 0.6 is 0 Å². The van der Waals surface area contributed by atoms with Crippen LogP contribution in [0.5, 0.6) is 11.5 Å². The fourth-order valence-electron chi connectivity index (χ4n) is 1.52. The van der Waals surface area contributed by atoms with Gasteiger partial charge in [0.1, 0.15) is 11.5 Å². The second kappa shape index (κ2) is 5.95. The Kier molecular flexibility index (Phi) is 4.84. The molecular weight excluding hydrogens is 247 g/mol. The van der Waals surface area contributed by atoms with Gasteiger partial charge >= 0.3 is 6.36 Å². The zero-order valence-electron chi connectivity index (χ0n) is 10.3. The molecule has 0 spiro atoms. The predicted octanol–water partition coefficient (Wildman–Crippen LogP) is 2.87. The monoisotopic (exact) mass is 263 g/mol. The van der Waals surface area contributed by atoms with Crippen LogP contribution in [0.25, 0.3) is 0 Å². The van der Waals surface area contributed by atoms with Crippen molar-refractivity contribution in [2.75, 3.05) is 7.11 Å². The normalized spacial score (nSPS) is 13.2. The Hall–Kier alpha value is -1.43. The summed E-state index contributed by atoms with van der Waals surface area (Å²) in [5, 5.41) is 0. The predicted molar refractivity (Wildman–Crippen MR) is 61.6 cm³/mol. The third-order valence-corrected chi connectivity index (χ3v) is 2.50. The minimum Gasteiger partial charge on any atom is -0.496 e. The fourth-order valence-corrected chi connectivity index (χ4v) is 1.52. The van der Waals surface area contributed by atoms with Gasteiger partial charge in [0.25, 0.3) is 0 Å². The Balaban J connectivity index is 2.89. The highest BCUT2D eigenvalue weighted by molar-refractivity contribution is 5.41. The maximum Gasteiger partial charge on any atom is 0.573 e. The summed E-state index contributed by atoms with van der Waals surface area (Å²) in [4.78, 5) is 0. The van der Waals surface area contributed by atoms with Gasteiger partial charge in [-0.25, -0.2) is 0 Å². The van der Waals surface area contributed by atoms with Crippen LogP contribution in [0.1, 0.15) is 18.9 Å². The third kappa shape index (κ3) is 4.44. The van der Waals surface area contributed by atoms with Crippen molar-refractivity contribution in [1.82, 2.24) is 0 Å². The van der Waals surface area contributed by atoms with Crippen LogP contribution in [0.2, 0.25) is 0 Å². The van der Waals surface area contributed by atoms with E-state index in [9.17, 15) is 13.2 Å². The Bertz CT molecular complexity index is 393. The Morgan fingerprint density at radius 2 is 2.00 bits per heavy atom. The van der Waals surface area contributed by atoms with E-state index in [1.807, 2.05) is 6.92 Å². The van der Waals surface area contributed by atoms with Gasteiger partial charge in [0.2, 0.25) is 0 Å². The SMILES string of the molecule is CCC(N)Cc1ccc(OC(F)(F)F)cc1OC. The van der Waals surface area contributed by atoms with Gasteiger partial charge in [-0.3, -0.25) is 0 Å². The molecule has 0 fully saturated rings. The number of halogens is 3. The maximum atomic E-state index is 12.1. The van der Waals surface area contributed by atoms with E-state index >= 15 is 0 Å². The molecule has 0 amide bonds. The molecule has 0 aliphatic carbocycles. The summed E-state index contributed by atoms with van der Waals surface area (Å²) in [5.74, 6) is 0.0498. The Morgan fingerprint density at radius 3 is 2.50 bits per heavy atom. The minimum atomic E-state index is -4.70. The van der Waals surface area contributed by atoms with Crippen molar-refractivity contribution in [2.24, 2.45) is 5.73 Å². The van der Waals surface area contributed by atoms with Crippen LogP contribution in [-0.4, -0.2) is 19.5 Å². The van der Waals surface area contributed by atoms with Crippen LogP contribution < -0.4 is 15.2 Å². The number of nitrogens with two attached hydrogens (primary N) is 1. The molecule has 2 N–H and O–H groups in total. The molecule has 0 aromatic heterocycles. The van der Waals surface area contributed by atoms with E-state index in [0.29, 0.717) is 12.2 Å². The standard InChI is InChI=1S/C12H16F3NO2/c1-3-9(16)6-8-4-5-10(7-11(8)17-2)18-12(13,14)15/h4-5,7,9H,3,6,16H2,1-2H3. The number of hydrogen-bond acceptors (Lipinski definition) is 3. The molecule has 3 nitrogen and oxygen atoms in total.